The van der Waals surface area contributed by atoms with Gasteiger partial charge in [0.05, 0.1) is 0 Å². The maximum atomic E-state index is 3.47. The van der Waals surface area contributed by atoms with Gasteiger partial charge in [0.15, 0.2) is 0 Å². The fourth-order valence-corrected chi connectivity index (χ4v) is 2.15. The van der Waals surface area contributed by atoms with Crippen LogP contribution in [0.15, 0.2) is 24.3 Å². The molecular formula is C17H30N2. The molecule has 0 aliphatic carbocycles. The Morgan fingerprint density at radius 2 is 1.63 bits per heavy atom. The Kier molecular flexibility index (Phi) is 7.57. The molecule has 0 radical (unpaired) electrons. The molecule has 0 bridgehead atoms. The standard InChI is InChI=1S/C17H30N2/c1-15(2)18-13-7-5-6-8-14-19(4)17-11-9-16(3)10-12-17/h9-12,15,18H,5-8,13-14H2,1-4H3. The number of benzene rings is 1. The molecule has 0 fully saturated rings. The van der Waals surface area contributed by atoms with Crippen LogP contribution >= 0.6 is 0 Å². The molecule has 0 aliphatic rings. The number of rotatable bonds is 9. The van der Waals surface area contributed by atoms with E-state index >= 15 is 0 Å². The summed E-state index contributed by atoms with van der Waals surface area (Å²) in [6.07, 6.45) is 5.25. The molecule has 0 aliphatic heterocycles. The van der Waals surface area contributed by atoms with Gasteiger partial charge in [0.1, 0.15) is 0 Å². The minimum Gasteiger partial charge on any atom is -0.375 e. The Labute approximate surface area is 119 Å². The quantitative estimate of drug-likeness (QED) is 0.677. The monoisotopic (exact) mass is 262 g/mol. The van der Waals surface area contributed by atoms with Gasteiger partial charge in [-0.15, -0.1) is 0 Å². The maximum Gasteiger partial charge on any atom is 0.0363 e. The third-order valence-corrected chi connectivity index (χ3v) is 3.45. The van der Waals surface area contributed by atoms with E-state index in [1.165, 1.54) is 36.9 Å². The number of unbranched alkanes of at least 4 members (excludes halogenated alkanes) is 3. The van der Waals surface area contributed by atoms with Gasteiger partial charge in [-0.25, -0.2) is 0 Å². The van der Waals surface area contributed by atoms with Crippen LogP contribution in [0.25, 0.3) is 0 Å². The highest BCUT2D eigenvalue weighted by molar-refractivity contribution is 5.46. The summed E-state index contributed by atoms with van der Waals surface area (Å²) in [6, 6.07) is 9.41. The van der Waals surface area contributed by atoms with Crippen LogP contribution in [0.4, 0.5) is 5.69 Å². The second-order valence-electron chi connectivity index (χ2n) is 5.78. The van der Waals surface area contributed by atoms with Gasteiger partial charge in [-0.3, -0.25) is 0 Å². The van der Waals surface area contributed by atoms with Crippen LogP contribution in [0.3, 0.4) is 0 Å². The molecule has 0 amide bonds. The molecule has 2 nitrogen and oxygen atoms in total. The predicted molar refractivity (Wildman–Crippen MR) is 86.1 cm³/mol. The smallest absolute Gasteiger partial charge is 0.0363 e. The van der Waals surface area contributed by atoms with Crippen molar-refractivity contribution in [3.05, 3.63) is 29.8 Å². The molecule has 0 saturated heterocycles. The molecule has 2 heteroatoms. The average Bonchev–Trinajstić information content (AvgIpc) is 2.38. The highest BCUT2D eigenvalue weighted by Crippen LogP contribution is 2.14. The van der Waals surface area contributed by atoms with Gasteiger partial charge in [0.2, 0.25) is 0 Å². The first kappa shape index (κ1) is 16.0. The zero-order valence-electron chi connectivity index (χ0n) is 13.1. The maximum absolute atomic E-state index is 3.47. The van der Waals surface area contributed by atoms with E-state index in [2.05, 4.69) is 62.3 Å². The van der Waals surface area contributed by atoms with Crippen LogP contribution in [0.1, 0.15) is 45.1 Å². The summed E-state index contributed by atoms with van der Waals surface area (Å²) < 4.78 is 0. The third kappa shape index (κ3) is 7.22. The second kappa shape index (κ2) is 8.98. The lowest BCUT2D eigenvalue weighted by Gasteiger charge is -2.19. The number of aryl methyl sites for hydroxylation is 1. The van der Waals surface area contributed by atoms with Gasteiger partial charge in [-0.2, -0.15) is 0 Å². The van der Waals surface area contributed by atoms with Crippen LogP contribution in [-0.2, 0) is 0 Å². The van der Waals surface area contributed by atoms with Gasteiger partial charge in [0.25, 0.3) is 0 Å². The van der Waals surface area contributed by atoms with Crippen LogP contribution in [-0.4, -0.2) is 26.2 Å². The van der Waals surface area contributed by atoms with Crippen LogP contribution in [0.5, 0.6) is 0 Å². The number of hydrogen-bond acceptors (Lipinski definition) is 2. The molecule has 1 rings (SSSR count). The first-order chi connectivity index (χ1) is 9.09. The Morgan fingerprint density at radius 3 is 2.26 bits per heavy atom. The topological polar surface area (TPSA) is 15.3 Å². The summed E-state index contributed by atoms with van der Waals surface area (Å²) in [5.41, 5.74) is 2.65. The molecule has 0 aromatic heterocycles. The molecule has 0 atom stereocenters. The van der Waals surface area contributed by atoms with E-state index in [9.17, 15) is 0 Å². The van der Waals surface area contributed by atoms with Crippen molar-refractivity contribution in [1.29, 1.82) is 0 Å². The van der Waals surface area contributed by atoms with Gasteiger partial charge in [-0.1, -0.05) is 44.4 Å². The van der Waals surface area contributed by atoms with Gasteiger partial charge in [-0.05, 0) is 38.4 Å². The summed E-state index contributed by atoms with van der Waals surface area (Å²) in [7, 11) is 2.19. The van der Waals surface area contributed by atoms with Crippen molar-refractivity contribution < 1.29 is 0 Å². The molecule has 0 unspecified atom stereocenters. The Morgan fingerprint density at radius 1 is 1.00 bits per heavy atom. The van der Waals surface area contributed by atoms with Gasteiger partial charge in [0, 0.05) is 25.3 Å². The highest BCUT2D eigenvalue weighted by Gasteiger charge is 2.00. The zero-order chi connectivity index (χ0) is 14.1. The normalized spacial score (nSPS) is 11.0. The predicted octanol–water partition coefficient (Wildman–Crippen LogP) is 3.99. The highest BCUT2D eigenvalue weighted by atomic mass is 15.1. The zero-order valence-corrected chi connectivity index (χ0v) is 13.1. The number of hydrogen-bond donors (Lipinski definition) is 1. The minimum atomic E-state index is 0.618. The van der Waals surface area contributed by atoms with Crippen molar-refractivity contribution in [2.24, 2.45) is 0 Å². The van der Waals surface area contributed by atoms with Crippen molar-refractivity contribution >= 4 is 5.69 Å². The van der Waals surface area contributed by atoms with Crippen LogP contribution < -0.4 is 10.2 Å². The average molecular weight is 262 g/mol. The van der Waals surface area contributed by atoms with E-state index in [0.717, 1.165) is 13.1 Å². The van der Waals surface area contributed by atoms with Gasteiger partial charge >= 0.3 is 0 Å². The number of nitrogens with zero attached hydrogens (tertiary/aromatic N) is 1. The first-order valence-corrected chi connectivity index (χ1v) is 7.61. The molecule has 108 valence electrons. The van der Waals surface area contributed by atoms with Gasteiger partial charge < -0.3 is 10.2 Å². The number of anilines is 1. The molecule has 1 aromatic rings. The van der Waals surface area contributed by atoms with E-state index in [1.807, 2.05) is 0 Å². The SMILES string of the molecule is Cc1ccc(N(C)CCCCCCNC(C)C)cc1. The fraction of sp³-hybridized carbons (Fsp3) is 0.647. The number of nitrogens with one attached hydrogen (secondary N) is 1. The van der Waals surface area contributed by atoms with Crippen molar-refractivity contribution in [2.75, 3.05) is 25.0 Å². The lowest BCUT2D eigenvalue weighted by Crippen LogP contribution is -2.23. The van der Waals surface area contributed by atoms with E-state index < -0.39 is 0 Å². The minimum absolute atomic E-state index is 0.618. The fourth-order valence-electron chi connectivity index (χ4n) is 2.15. The van der Waals surface area contributed by atoms with Crippen molar-refractivity contribution in [3.63, 3.8) is 0 Å². The summed E-state index contributed by atoms with van der Waals surface area (Å²) >= 11 is 0. The first-order valence-electron chi connectivity index (χ1n) is 7.61. The molecule has 0 heterocycles. The van der Waals surface area contributed by atoms with E-state index in [1.54, 1.807) is 0 Å². The largest absolute Gasteiger partial charge is 0.375 e. The molecular weight excluding hydrogens is 232 g/mol. The molecule has 19 heavy (non-hydrogen) atoms. The summed E-state index contributed by atoms with van der Waals surface area (Å²) in [6.45, 7) is 8.86. The molecule has 0 spiro atoms. The van der Waals surface area contributed by atoms with E-state index in [4.69, 9.17) is 0 Å². The second-order valence-corrected chi connectivity index (χ2v) is 5.78. The molecule has 0 saturated carbocycles. The van der Waals surface area contributed by atoms with Crippen molar-refractivity contribution in [1.82, 2.24) is 5.32 Å². The van der Waals surface area contributed by atoms with E-state index in [0.29, 0.717) is 6.04 Å². The van der Waals surface area contributed by atoms with Crippen molar-refractivity contribution in [2.45, 2.75) is 52.5 Å². The molecule has 1 aromatic carbocycles. The van der Waals surface area contributed by atoms with Crippen molar-refractivity contribution in [3.8, 4) is 0 Å². The lowest BCUT2D eigenvalue weighted by molar-refractivity contribution is 0.542. The lowest BCUT2D eigenvalue weighted by atomic mass is 10.1. The summed E-state index contributed by atoms with van der Waals surface area (Å²) in [5, 5.41) is 3.47. The Bertz CT molecular complexity index is 330. The van der Waals surface area contributed by atoms with Crippen LogP contribution in [0, 0.1) is 6.92 Å². The Hall–Kier alpha value is -1.02. The Balaban J connectivity index is 2.07. The summed E-state index contributed by atoms with van der Waals surface area (Å²) in [5.74, 6) is 0. The molecule has 1 N–H and O–H groups in total. The third-order valence-electron chi connectivity index (χ3n) is 3.45. The van der Waals surface area contributed by atoms with E-state index in [-0.39, 0.29) is 0 Å². The summed E-state index contributed by atoms with van der Waals surface area (Å²) in [4.78, 5) is 2.35. The van der Waals surface area contributed by atoms with Crippen LogP contribution in [0.2, 0.25) is 0 Å².